The molecule has 0 saturated heterocycles. The van der Waals surface area contributed by atoms with Gasteiger partial charge in [0, 0.05) is 6.04 Å². The minimum absolute atomic E-state index is 0.0697. The Balaban J connectivity index is 2.29. The first kappa shape index (κ1) is 15.2. The SMILES string of the molecule is CC(C)C(C)NC(=O)COC(=O)Cc1ccccc1. The molecular formula is C15H21NO3. The summed E-state index contributed by atoms with van der Waals surface area (Å²) in [6.45, 7) is 5.75. The van der Waals surface area contributed by atoms with Crippen LogP contribution in [0.25, 0.3) is 0 Å². The van der Waals surface area contributed by atoms with E-state index in [-0.39, 0.29) is 25.0 Å². The van der Waals surface area contributed by atoms with Crippen LogP contribution in [0.1, 0.15) is 26.3 Å². The summed E-state index contributed by atoms with van der Waals surface area (Å²) in [4.78, 5) is 23.1. The number of hydrogen-bond donors (Lipinski definition) is 1. The average Bonchev–Trinajstić information content (AvgIpc) is 2.37. The van der Waals surface area contributed by atoms with Crippen molar-refractivity contribution in [3.05, 3.63) is 35.9 Å². The minimum Gasteiger partial charge on any atom is -0.455 e. The Bertz CT molecular complexity index is 415. The lowest BCUT2D eigenvalue weighted by Gasteiger charge is -2.17. The predicted octanol–water partition coefficient (Wildman–Crippen LogP) is 1.93. The van der Waals surface area contributed by atoms with Crippen LogP contribution in [-0.2, 0) is 20.7 Å². The molecule has 19 heavy (non-hydrogen) atoms. The molecule has 0 aliphatic carbocycles. The maximum atomic E-state index is 11.5. The Labute approximate surface area is 114 Å². The van der Waals surface area contributed by atoms with E-state index in [2.05, 4.69) is 5.32 Å². The van der Waals surface area contributed by atoms with Gasteiger partial charge in [0.15, 0.2) is 6.61 Å². The van der Waals surface area contributed by atoms with Crippen LogP contribution in [0.3, 0.4) is 0 Å². The second-order valence-corrected chi connectivity index (χ2v) is 4.92. The molecule has 0 bridgehead atoms. The van der Waals surface area contributed by atoms with E-state index in [0.29, 0.717) is 5.92 Å². The zero-order valence-electron chi connectivity index (χ0n) is 11.7. The molecule has 0 aromatic heterocycles. The van der Waals surface area contributed by atoms with Gasteiger partial charge >= 0.3 is 5.97 Å². The summed E-state index contributed by atoms with van der Waals surface area (Å²) in [6, 6.07) is 9.37. The van der Waals surface area contributed by atoms with E-state index in [0.717, 1.165) is 5.56 Å². The lowest BCUT2D eigenvalue weighted by molar-refractivity contribution is -0.148. The van der Waals surface area contributed by atoms with Gasteiger partial charge < -0.3 is 10.1 Å². The van der Waals surface area contributed by atoms with Crippen molar-refractivity contribution < 1.29 is 14.3 Å². The van der Waals surface area contributed by atoms with Crippen LogP contribution < -0.4 is 5.32 Å². The van der Waals surface area contributed by atoms with Crippen molar-refractivity contribution in [1.82, 2.24) is 5.32 Å². The number of esters is 1. The van der Waals surface area contributed by atoms with Crippen LogP contribution in [0.15, 0.2) is 30.3 Å². The van der Waals surface area contributed by atoms with Crippen molar-refractivity contribution >= 4 is 11.9 Å². The first-order chi connectivity index (χ1) is 8.99. The maximum absolute atomic E-state index is 11.5. The first-order valence-electron chi connectivity index (χ1n) is 6.48. The first-order valence-corrected chi connectivity index (χ1v) is 6.48. The zero-order chi connectivity index (χ0) is 14.3. The minimum atomic E-state index is -0.390. The summed E-state index contributed by atoms with van der Waals surface area (Å²) in [7, 11) is 0. The van der Waals surface area contributed by atoms with Crippen molar-refractivity contribution in [2.45, 2.75) is 33.2 Å². The number of benzene rings is 1. The molecule has 0 radical (unpaired) electrons. The van der Waals surface area contributed by atoms with Crippen LogP contribution in [0.4, 0.5) is 0 Å². The third-order valence-electron chi connectivity index (χ3n) is 2.94. The Morgan fingerprint density at radius 2 is 1.79 bits per heavy atom. The number of amides is 1. The predicted molar refractivity (Wildman–Crippen MR) is 73.5 cm³/mol. The second kappa shape index (κ2) is 7.56. The molecule has 0 fully saturated rings. The fourth-order valence-corrected chi connectivity index (χ4v) is 1.42. The molecule has 1 aromatic carbocycles. The van der Waals surface area contributed by atoms with Gasteiger partial charge in [-0.05, 0) is 18.4 Å². The van der Waals surface area contributed by atoms with Crippen LogP contribution in [0.5, 0.6) is 0 Å². The van der Waals surface area contributed by atoms with Gasteiger partial charge in [0.25, 0.3) is 5.91 Å². The fraction of sp³-hybridized carbons (Fsp3) is 0.467. The summed E-state index contributed by atoms with van der Waals surface area (Å²) in [5.41, 5.74) is 0.878. The molecule has 1 atom stereocenters. The highest BCUT2D eigenvalue weighted by Gasteiger charge is 2.12. The fourth-order valence-electron chi connectivity index (χ4n) is 1.42. The van der Waals surface area contributed by atoms with E-state index in [4.69, 9.17) is 4.74 Å². The molecule has 0 spiro atoms. The molecule has 104 valence electrons. The molecule has 0 saturated carbocycles. The van der Waals surface area contributed by atoms with Crippen molar-refractivity contribution in [3.8, 4) is 0 Å². The highest BCUT2D eigenvalue weighted by Crippen LogP contribution is 2.01. The smallest absolute Gasteiger partial charge is 0.310 e. The van der Waals surface area contributed by atoms with Crippen molar-refractivity contribution in [2.75, 3.05) is 6.61 Å². The van der Waals surface area contributed by atoms with Crippen LogP contribution in [0, 0.1) is 5.92 Å². The average molecular weight is 263 g/mol. The monoisotopic (exact) mass is 263 g/mol. The van der Waals surface area contributed by atoms with Crippen molar-refractivity contribution in [2.24, 2.45) is 5.92 Å². The molecule has 0 aliphatic heterocycles. The zero-order valence-corrected chi connectivity index (χ0v) is 11.7. The van der Waals surface area contributed by atoms with Gasteiger partial charge in [0.2, 0.25) is 0 Å². The lowest BCUT2D eigenvalue weighted by atomic mass is 10.1. The van der Waals surface area contributed by atoms with E-state index >= 15 is 0 Å². The van der Waals surface area contributed by atoms with E-state index in [9.17, 15) is 9.59 Å². The molecule has 1 unspecified atom stereocenters. The largest absolute Gasteiger partial charge is 0.455 e. The molecule has 1 rings (SSSR count). The van der Waals surface area contributed by atoms with Gasteiger partial charge in [0.05, 0.1) is 6.42 Å². The van der Waals surface area contributed by atoms with E-state index < -0.39 is 5.97 Å². The Morgan fingerprint density at radius 1 is 1.16 bits per heavy atom. The number of rotatable bonds is 6. The Morgan fingerprint density at radius 3 is 2.37 bits per heavy atom. The van der Waals surface area contributed by atoms with Crippen molar-refractivity contribution in [1.29, 1.82) is 0 Å². The number of carbonyl (C=O) groups is 2. The molecule has 0 heterocycles. The highest BCUT2D eigenvalue weighted by atomic mass is 16.5. The topological polar surface area (TPSA) is 55.4 Å². The third-order valence-corrected chi connectivity index (χ3v) is 2.94. The van der Waals surface area contributed by atoms with Gasteiger partial charge in [0.1, 0.15) is 0 Å². The number of nitrogens with one attached hydrogen (secondary N) is 1. The van der Waals surface area contributed by atoms with Gasteiger partial charge in [-0.15, -0.1) is 0 Å². The van der Waals surface area contributed by atoms with Crippen LogP contribution in [-0.4, -0.2) is 24.5 Å². The summed E-state index contributed by atoms with van der Waals surface area (Å²) in [5.74, 6) is -0.301. The number of hydrogen-bond acceptors (Lipinski definition) is 3. The van der Waals surface area contributed by atoms with Gasteiger partial charge in [-0.2, -0.15) is 0 Å². The Hall–Kier alpha value is -1.84. The molecule has 1 N–H and O–H groups in total. The quantitative estimate of drug-likeness (QED) is 0.798. The van der Waals surface area contributed by atoms with Gasteiger partial charge in [-0.3, -0.25) is 9.59 Å². The molecule has 4 heteroatoms. The molecular weight excluding hydrogens is 242 g/mol. The molecule has 1 aromatic rings. The number of carbonyl (C=O) groups excluding carboxylic acids is 2. The Kier molecular flexibility index (Phi) is 6.06. The van der Waals surface area contributed by atoms with Crippen LogP contribution >= 0.6 is 0 Å². The molecule has 1 amide bonds. The van der Waals surface area contributed by atoms with E-state index in [1.807, 2.05) is 51.1 Å². The normalized spacial score (nSPS) is 12.0. The van der Waals surface area contributed by atoms with E-state index in [1.165, 1.54) is 0 Å². The van der Waals surface area contributed by atoms with Crippen LogP contribution in [0.2, 0.25) is 0 Å². The maximum Gasteiger partial charge on any atom is 0.310 e. The molecule has 0 aliphatic rings. The number of ether oxygens (including phenoxy) is 1. The van der Waals surface area contributed by atoms with Gasteiger partial charge in [-0.1, -0.05) is 44.2 Å². The lowest BCUT2D eigenvalue weighted by Crippen LogP contribution is -2.38. The highest BCUT2D eigenvalue weighted by molar-refractivity contribution is 5.81. The van der Waals surface area contributed by atoms with Gasteiger partial charge in [-0.25, -0.2) is 0 Å². The third kappa shape index (κ3) is 6.04. The summed E-state index contributed by atoms with van der Waals surface area (Å²) < 4.78 is 4.94. The molecule has 4 nitrogen and oxygen atoms in total. The summed E-state index contributed by atoms with van der Waals surface area (Å²) >= 11 is 0. The van der Waals surface area contributed by atoms with Crippen molar-refractivity contribution in [3.63, 3.8) is 0 Å². The summed E-state index contributed by atoms with van der Waals surface area (Å²) in [5, 5.41) is 2.78. The van der Waals surface area contributed by atoms with E-state index in [1.54, 1.807) is 0 Å². The standard InChI is InChI=1S/C15H21NO3/c1-11(2)12(3)16-14(17)10-19-15(18)9-13-7-5-4-6-8-13/h4-8,11-12H,9-10H2,1-3H3,(H,16,17). The second-order valence-electron chi connectivity index (χ2n) is 4.92. The summed E-state index contributed by atoms with van der Waals surface area (Å²) in [6.07, 6.45) is 0.188.